The van der Waals surface area contributed by atoms with Gasteiger partial charge in [-0.05, 0) is 87.1 Å². The monoisotopic (exact) mass is 563 g/mol. The third-order valence-corrected chi connectivity index (χ3v) is 6.21. The van der Waals surface area contributed by atoms with Crippen LogP contribution in [0, 0.1) is 12.9 Å². The van der Waals surface area contributed by atoms with Gasteiger partial charge < -0.3 is 4.42 Å². The Labute approximate surface area is 235 Å². The molecule has 0 saturated carbocycles. The molecule has 2 aromatic heterocycles. The lowest BCUT2D eigenvalue weighted by Gasteiger charge is -2.12. The van der Waals surface area contributed by atoms with E-state index < -0.39 is 11.7 Å². The van der Waals surface area contributed by atoms with Gasteiger partial charge in [-0.2, -0.15) is 17.6 Å². The summed E-state index contributed by atoms with van der Waals surface area (Å²) in [4.78, 5) is 3.85. The predicted octanol–water partition coefficient (Wildman–Crippen LogP) is 11.3. The molecule has 2 aromatic rings. The van der Waals surface area contributed by atoms with Gasteiger partial charge in [-0.1, -0.05) is 62.8 Å². The second kappa shape index (κ2) is 16.1. The SMILES string of the molecule is C=C(C)/C(C)=C(\Cl)C/C=C(\C=C(/C(=C)C)C(F)(F)F)c1ccoc1.CC/C=C(\CCC)c1ccc(C)nc1F. The molecule has 0 N–H and O–H groups in total. The van der Waals surface area contributed by atoms with Crippen LogP contribution in [0.25, 0.3) is 11.1 Å². The van der Waals surface area contributed by atoms with Crippen LogP contribution in [0.5, 0.6) is 0 Å². The molecule has 212 valence electrons. The number of aromatic nitrogens is 1. The second-order valence-electron chi connectivity index (χ2n) is 9.20. The molecule has 0 radical (unpaired) electrons. The fourth-order valence-corrected chi connectivity index (χ4v) is 3.74. The number of alkyl halides is 3. The van der Waals surface area contributed by atoms with E-state index in [0.29, 0.717) is 28.2 Å². The third kappa shape index (κ3) is 11.3. The van der Waals surface area contributed by atoms with Gasteiger partial charge in [0.15, 0.2) is 0 Å². The Hall–Kier alpha value is -3.12. The highest BCUT2D eigenvalue weighted by molar-refractivity contribution is 6.30. The van der Waals surface area contributed by atoms with Gasteiger partial charge in [0, 0.05) is 28.3 Å². The lowest BCUT2D eigenvalue weighted by atomic mass is 10.00. The molecule has 0 spiro atoms. The summed E-state index contributed by atoms with van der Waals surface area (Å²) in [5, 5.41) is 0.528. The minimum Gasteiger partial charge on any atom is -0.472 e. The van der Waals surface area contributed by atoms with Crippen LogP contribution in [0.15, 0.2) is 93.9 Å². The molecule has 7 heteroatoms. The van der Waals surface area contributed by atoms with E-state index in [0.717, 1.165) is 47.8 Å². The minimum absolute atomic E-state index is 0.0587. The van der Waals surface area contributed by atoms with Gasteiger partial charge in [-0.15, -0.1) is 0 Å². The zero-order chi connectivity index (χ0) is 29.8. The summed E-state index contributed by atoms with van der Waals surface area (Å²) in [6.07, 6.45) is 6.25. The first-order valence-corrected chi connectivity index (χ1v) is 13.1. The van der Waals surface area contributed by atoms with Crippen LogP contribution < -0.4 is 0 Å². The van der Waals surface area contributed by atoms with Gasteiger partial charge >= 0.3 is 6.18 Å². The Balaban J connectivity index is 0.000000434. The lowest BCUT2D eigenvalue weighted by molar-refractivity contribution is -0.0892. The van der Waals surface area contributed by atoms with Crippen molar-refractivity contribution in [2.24, 2.45) is 0 Å². The van der Waals surface area contributed by atoms with Crippen LogP contribution in [0.3, 0.4) is 0 Å². The Morgan fingerprint density at radius 2 is 1.72 bits per heavy atom. The molecule has 0 atom stereocenters. The molecule has 0 saturated heterocycles. The Morgan fingerprint density at radius 1 is 1.05 bits per heavy atom. The molecule has 0 aromatic carbocycles. The van der Waals surface area contributed by atoms with E-state index in [1.54, 1.807) is 19.1 Å². The van der Waals surface area contributed by atoms with E-state index in [2.05, 4.69) is 38.1 Å². The molecule has 0 aliphatic rings. The van der Waals surface area contributed by atoms with Crippen LogP contribution in [0.4, 0.5) is 17.6 Å². The Bertz CT molecular complexity index is 1250. The van der Waals surface area contributed by atoms with Gasteiger partial charge in [0.05, 0.1) is 18.1 Å². The number of halogens is 5. The van der Waals surface area contributed by atoms with Crippen molar-refractivity contribution in [2.75, 3.05) is 0 Å². The van der Waals surface area contributed by atoms with Gasteiger partial charge in [-0.3, -0.25) is 0 Å². The summed E-state index contributed by atoms with van der Waals surface area (Å²) in [5.74, 6) is -0.344. The zero-order valence-corrected chi connectivity index (χ0v) is 24.4. The zero-order valence-electron chi connectivity index (χ0n) is 23.6. The highest BCUT2D eigenvalue weighted by Gasteiger charge is 2.34. The van der Waals surface area contributed by atoms with Gasteiger partial charge in [0.25, 0.3) is 0 Å². The standard InChI is InChI=1S/C19H20ClF3O.C13H18FN/c1-12(2)14(5)18(20)7-6-15(16-8-9-24-11-16)10-17(13(3)4)19(21,22)23;1-4-6-11(7-5-2)12-9-8-10(3)15-13(12)14/h6,8-11H,1,3,7H2,2,4-5H3;6,8-9H,4-5,7H2,1-3H3/b15-6+,17-10+,18-14-;11-6+. The highest BCUT2D eigenvalue weighted by atomic mass is 35.5. The lowest BCUT2D eigenvalue weighted by Crippen LogP contribution is -2.12. The molecule has 39 heavy (non-hydrogen) atoms. The Morgan fingerprint density at radius 3 is 2.18 bits per heavy atom. The number of nitrogens with zero attached hydrogens (tertiary/aromatic N) is 1. The maximum absolute atomic E-state index is 13.6. The average molecular weight is 564 g/mol. The number of pyridine rings is 1. The van der Waals surface area contributed by atoms with Crippen molar-refractivity contribution < 1.29 is 22.0 Å². The number of rotatable bonds is 10. The summed E-state index contributed by atoms with van der Waals surface area (Å²) in [6.45, 7) is 18.2. The number of allylic oxidation sites excluding steroid dienone is 10. The summed E-state index contributed by atoms with van der Waals surface area (Å²) in [5.41, 5.74) is 4.15. The topological polar surface area (TPSA) is 26.0 Å². The molecule has 0 amide bonds. The number of furan rings is 1. The van der Waals surface area contributed by atoms with E-state index in [4.69, 9.17) is 16.0 Å². The number of aryl methyl sites for hydroxylation is 1. The first-order valence-electron chi connectivity index (χ1n) is 12.7. The molecular formula is C32H38ClF4NO. The van der Waals surface area contributed by atoms with E-state index in [1.807, 2.05) is 26.0 Å². The van der Waals surface area contributed by atoms with Crippen LogP contribution >= 0.6 is 11.6 Å². The molecule has 0 fully saturated rings. The van der Waals surface area contributed by atoms with Crippen molar-refractivity contribution in [1.82, 2.24) is 4.98 Å². The van der Waals surface area contributed by atoms with Crippen molar-refractivity contribution in [3.8, 4) is 0 Å². The Kier molecular flexibility index (Phi) is 14.0. The summed E-state index contributed by atoms with van der Waals surface area (Å²) < 4.78 is 58.1. The number of hydrogen-bond donors (Lipinski definition) is 0. The first kappa shape index (κ1) is 33.9. The van der Waals surface area contributed by atoms with Crippen molar-refractivity contribution in [1.29, 1.82) is 0 Å². The summed E-state index contributed by atoms with van der Waals surface area (Å²) in [6, 6.07) is 5.28. The van der Waals surface area contributed by atoms with Crippen molar-refractivity contribution in [3.05, 3.63) is 112 Å². The molecular weight excluding hydrogens is 526 g/mol. The van der Waals surface area contributed by atoms with Gasteiger partial charge in [0.2, 0.25) is 5.95 Å². The van der Waals surface area contributed by atoms with Gasteiger partial charge in [-0.25, -0.2) is 4.98 Å². The van der Waals surface area contributed by atoms with Crippen LogP contribution in [0.2, 0.25) is 0 Å². The third-order valence-electron chi connectivity index (χ3n) is 5.77. The first-order chi connectivity index (χ1) is 18.2. The molecule has 2 nitrogen and oxygen atoms in total. The molecule has 0 bridgehead atoms. The summed E-state index contributed by atoms with van der Waals surface area (Å²) in [7, 11) is 0. The largest absolute Gasteiger partial charge is 0.472 e. The van der Waals surface area contributed by atoms with E-state index in [-0.39, 0.29) is 11.5 Å². The maximum Gasteiger partial charge on any atom is 0.416 e. The number of hydrogen-bond acceptors (Lipinski definition) is 2. The molecule has 2 heterocycles. The fourth-order valence-electron chi connectivity index (χ4n) is 3.50. The molecule has 2 rings (SSSR count). The van der Waals surface area contributed by atoms with E-state index in [9.17, 15) is 17.6 Å². The molecule has 0 aliphatic carbocycles. The fraction of sp³-hybridized carbons (Fsp3) is 0.344. The van der Waals surface area contributed by atoms with Crippen LogP contribution in [0.1, 0.15) is 77.1 Å². The van der Waals surface area contributed by atoms with E-state index >= 15 is 0 Å². The van der Waals surface area contributed by atoms with Crippen molar-refractivity contribution in [3.63, 3.8) is 0 Å². The van der Waals surface area contributed by atoms with Crippen LogP contribution in [-0.2, 0) is 0 Å². The quantitative estimate of drug-likeness (QED) is 0.163. The average Bonchev–Trinajstić information content (AvgIpc) is 3.37. The normalized spacial score (nSPS) is 13.5. The molecule has 0 unspecified atom stereocenters. The highest BCUT2D eigenvalue weighted by Crippen LogP contribution is 2.34. The predicted molar refractivity (Wildman–Crippen MR) is 156 cm³/mol. The van der Waals surface area contributed by atoms with Crippen LogP contribution in [-0.4, -0.2) is 11.2 Å². The second-order valence-corrected chi connectivity index (χ2v) is 9.66. The van der Waals surface area contributed by atoms with Crippen molar-refractivity contribution >= 4 is 22.7 Å². The smallest absolute Gasteiger partial charge is 0.416 e. The van der Waals surface area contributed by atoms with Gasteiger partial charge in [0.1, 0.15) is 0 Å². The maximum atomic E-state index is 13.6. The minimum atomic E-state index is -4.48. The van der Waals surface area contributed by atoms with Crippen molar-refractivity contribution in [2.45, 2.75) is 73.4 Å². The summed E-state index contributed by atoms with van der Waals surface area (Å²) >= 11 is 6.21. The molecule has 0 aliphatic heterocycles. The van der Waals surface area contributed by atoms with E-state index in [1.165, 1.54) is 19.5 Å².